The second-order valence-corrected chi connectivity index (χ2v) is 5.72. The molecule has 0 bridgehead atoms. The van der Waals surface area contributed by atoms with E-state index in [9.17, 15) is 9.59 Å². The van der Waals surface area contributed by atoms with Gasteiger partial charge in [-0.25, -0.2) is 19.6 Å². The van der Waals surface area contributed by atoms with Crippen molar-refractivity contribution in [2.24, 2.45) is 0 Å². The number of nitrogens with zero attached hydrogens (tertiary/aromatic N) is 2. The van der Waals surface area contributed by atoms with Gasteiger partial charge in [-0.05, 0) is 6.92 Å². The number of carbonyl (C=O) groups excluding carboxylic acids is 1. The highest BCUT2D eigenvalue weighted by Gasteiger charge is 2.15. The maximum Gasteiger partial charge on any atom is 0.355 e. The minimum absolute atomic E-state index is 0.0122. The van der Waals surface area contributed by atoms with Crippen LogP contribution >= 0.6 is 22.7 Å². The minimum Gasteiger partial charge on any atom is -0.476 e. The number of aromatic carboxylic acids is 1. The van der Waals surface area contributed by atoms with Crippen LogP contribution in [-0.2, 0) is 6.54 Å². The summed E-state index contributed by atoms with van der Waals surface area (Å²) in [4.78, 5) is 30.4. The van der Waals surface area contributed by atoms with Crippen LogP contribution in [0.4, 0.5) is 4.79 Å². The molecule has 2 heterocycles. The summed E-state index contributed by atoms with van der Waals surface area (Å²) in [5.41, 5.74) is -0.0122. The minimum atomic E-state index is -1.08. The highest BCUT2D eigenvalue weighted by Crippen LogP contribution is 2.17. The Hall–Kier alpha value is -2.00. The van der Waals surface area contributed by atoms with Gasteiger partial charge in [0, 0.05) is 17.0 Å². The summed E-state index contributed by atoms with van der Waals surface area (Å²) in [5.74, 6) is -1.08. The van der Waals surface area contributed by atoms with Crippen molar-refractivity contribution >= 4 is 34.7 Å². The Morgan fingerprint density at radius 3 is 2.85 bits per heavy atom. The van der Waals surface area contributed by atoms with Gasteiger partial charge in [0.25, 0.3) is 0 Å². The number of hydrogen-bond acceptors (Lipinski definition) is 6. The van der Waals surface area contributed by atoms with E-state index in [0.717, 1.165) is 5.01 Å². The van der Waals surface area contributed by atoms with Gasteiger partial charge in [0.2, 0.25) is 0 Å². The number of nitrogens with one attached hydrogen (secondary N) is 2. The van der Waals surface area contributed by atoms with Crippen LogP contribution in [-0.4, -0.2) is 27.1 Å². The van der Waals surface area contributed by atoms with E-state index in [0.29, 0.717) is 11.6 Å². The van der Waals surface area contributed by atoms with Gasteiger partial charge in [-0.2, -0.15) is 0 Å². The Labute approximate surface area is 122 Å². The average molecular weight is 312 g/mol. The summed E-state index contributed by atoms with van der Waals surface area (Å²) in [6.07, 6.45) is 1.67. The molecule has 0 aromatic carbocycles. The van der Waals surface area contributed by atoms with Crippen molar-refractivity contribution in [1.29, 1.82) is 0 Å². The third kappa shape index (κ3) is 3.75. The number of amides is 2. The second kappa shape index (κ2) is 6.44. The summed E-state index contributed by atoms with van der Waals surface area (Å²) >= 11 is 2.66. The summed E-state index contributed by atoms with van der Waals surface area (Å²) in [6, 6.07) is -0.704. The second-order valence-electron chi connectivity index (χ2n) is 3.85. The van der Waals surface area contributed by atoms with E-state index in [4.69, 9.17) is 5.11 Å². The Bertz CT molecular complexity index is 597. The number of aromatic nitrogens is 2. The Kier molecular flexibility index (Phi) is 4.64. The number of hydrogen-bond donors (Lipinski definition) is 3. The van der Waals surface area contributed by atoms with Gasteiger partial charge in [0.05, 0.1) is 12.6 Å². The molecule has 2 amide bonds. The van der Waals surface area contributed by atoms with Crippen LogP contribution in [0.25, 0.3) is 0 Å². The largest absolute Gasteiger partial charge is 0.476 e. The van der Waals surface area contributed by atoms with Crippen molar-refractivity contribution in [3.05, 3.63) is 32.7 Å². The summed E-state index contributed by atoms with van der Waals surface area (Å²) < 4.78 is 0. The van der Waals surface area contributed by atoms with Crippen molar-refractivity contribution in [3.8, 4) is 0 Å². The van der Waals surface area contributed by atoms with Crippen LogP contribution in [0, 0.1) is 0 Å². The van der Waals surface area contributed by atoms with Crippen LogP contribution < -0.4 is 10.6 Å². The lowest BCUT2D eigenvalue weighted by Gasteiger charge is -2.11. The van der Waals surface area contributed by atoms with Gasteiger partial charge in [0.15, 0.2) is 5.69 Å². The van der Waals surface area contributed by atoms with Gasteiger partial charge >= 0.3 is 12.0 Å². The van der Waals surface area contributed by atoms with Gasteiger partial charge in [0.1, 0.15) is 10.0 Å². The third-order valence-electron chi connectivity index (χ3n) is 2.34. The van der Waals surface area contributed by atoms with Crippen molar-refractivity contribution in [3.63, 3.8) is 0 Å². The standard InChI is InChI=1S/C11H12N4O3S2/c1-6(9-15-7(5-20-9)10(16)17)14-11(18)13-4-8-12-2-3-19-8/h2-3,5-6H,4H2,1H3,(H,16,17)(H2,13,14,18). The molecule has 0 aliphatic carbocycles. The Balaban J connectivity index is 1.85. The van der Waals surface area contributed by atoms with E-state index in [1.54, 1.807) is 13.1 Å². The molecule has 9 heteroatoms. The first-order valence-corrected chi connectivity index (χ1v) is 7.43. The van der Waals surface area contributed by atoms with Gasteiger partial charge in [-0.15, -0.1) is 22.7 Å². The van der Waals surface area contributed by atoms with E-state index in [2.05, 4.69) is 20.6 Å². The zero-order valence-electron chi connectivity index (χ0n) is 10.5. The van der Waals surface area contributed by atoms with E-state index < -0.39 is 5.97 Å². The van der Waals surface area contributed by atoms with Crippen LogP contribution in [0.1, 0.15) is 33.5 Å². The molecule has 2 rings (SSSR count). The molecule has 2 aromatic heterocycles. The van der Waals surface area contributed by atoms with Crippen LogP contribution in [0.3, 0.4) is 0 Å². The molecule has 0 aliphatic rings. The normalized spacial score (nSPS) is 11.8. The van der Waals surface area contributed by atoms with Gasteiger partial charge < -0.3 is 15.7 Å². The highest BCUT2D eigenvalue weighted by atomic mass is 32.1. The molecule has 1 atom stereocenters. The van der Waals surface area contributed by atoms with Crippen molar-refractivity contribution < 1.29 is 14.7 Å². The first-order chi connectivity index (χ1) is 9.56. The Morgan fingerprint density at radius 1 is 1.45 bits per heavy atom. The van der Waals surface area contributed by atoms with Crippen molar-refractivity contribution in [1.82, 2.24) is 20.6 Å². The number of carboxylic acids is 1. The smallest absolute Gasteiger partial charge is 0.355 e. The highest BCUT2D eigenvalue weighted by molar-refractivity contribution is 7.10. The summed E-state index contributed by atoms with van der Waals surface area (Å²) in [5, 5.41) is 18.8. The predicted molar refractivity (Wildman–Crippen MR) is 75.0 cm³/mol. The summed E-state index contributed by atoms with van der Waals surface area (Å²) in [6.45, 7) is 2.10. The fourth-order valence-electron chi connectivity index (χ4n) is 1.39. The average Bonchev–Trinajstić information content (AvgIpc) is 3.07. The predicted octanol–water partition coefficient (Wildman–Crippen LogP) is 1.86. The number of rotatable bonds is 5. The first kappa shape index (κ1) is 14.4. The van der Waals surface area contributed by atoms with E-state index in [-0.39, 0.29) is 17.8 Å². The van der Waals surface area contributed by atoms with Crippen LogP contribution in [0.5, 0.6) is 0 Å². The number of carbonyl (C=O) groups is 2. The zero-order chi connectivity index (χ0) is 14.5. The lowest BCUT2D eigenvalue weighted by molar-refractivity contribution is 0.0691. The molecular formula is C11H12N4O3S2. The van der Waals surface area contributed by atoms with Gasteiger partial charge in [-0.1, -0.05) is 0 Å². The molecule has 0 fully saturated rings. The molecule has 0 aliphatic heterocycles. The fourth-order valence-corrected chi connectivity index (χ4v) is 2.75. The van der Waals surface area contributed by atoms with E-state index in [1.165, 1.54) is 28.1 Å². The SMILES string of the molecule is CC(NC(=O)NCc1nccs1)c1nc(C(=O)O)cs1. The molecule has 0 spiro atoms. The number of urea groups is 1. The maximum absolute atomic E-state index is 11.7. The molecule has 0 radical (unpaired) electrons. The lowest BCUT2D eigenvalue weighted by atomic mass is 10.3. The number of carboxylic acid groups (broad SMARTS) is 1. The summed E-state index contributed by atoms with van der Waals surface area (Å²) in [7, 11) is 0. The first-order valence-electron chi connectivity index (χ1n) is 5.67. The molecule has 106 valence electrons. The zero-order valence-corrected chi connectivity index (χ0v) is 12.1. The Morgan fingerprint density at radius 2 is 2.25 bits per heavy atom. The molecule has 2 aromatic rings. The molecule has 1 unspecified atom stereocenters. The van der Waals surface area contributed by atoms with Crippen LogP contribution in [0.15, 0.2) is 17.0 Å². The van der Waals surface area contributed by atoms with Crippen molar-refractivity contribution in [2.75, 3.05) is 0 Å². The molecular weight excluding hydrogens is 300 g/mol. The van der Waals surface area contributed by atoms with E-state index in [1.807, 2.05) is 5.38 Å². The number of thiazole rings is 2. The monoisotopic (exact) mass is 312 g/mol. The molecule has 20 heavy (non-hydrogen) atoms. The lowest BCUT2D eigenvalue weighted by Crippen LogP contribution is -2.36. The molecule has 3 N–H and O–H groups in total. The fraction of sp³-hybridized carbons (Fsp3) is 0.273. The molecule has 7 nitrogen and oxygen atoms in total. The molecule has 0 saturated heterocycles. The van der Waals surface area contributed by atoms with E-state index >= 15 is 0 Å². The maximum atomic E-state index is 11.7. The van der Waals surface area contributed by atoms with Crippen LogP contribution in [0.2, 0.25) is 0 Å². The van der Waals surface area contributed by atoms with Gasteiger partial charge in [-0.3, -0.25) is 0 Å². The van der Waals surface area contributed by atoms with Crippen molar-refractivity contribution in [2.45, 2.75) is 19.5 Å². The topological polar surface area (TPSA) is 104 Å². The third-order valence-corrected chi connectivity index (χ3v) is 4.15. The quantitative estimate of drug-likeness (QED) is 0.781. The molecule has 0 saturated carbocycles.